The maximum atomic E-state index is 12.6. The summed E-state index contributed by atoms with van der Waals surface area (Å²) >= 11 is 0. The number of H-pyrrole nitrogens is 1. The van der Waals surface area contributed by atoms with Crippen LogP contribution in [0.1, 0.15) is 19.0 Å². The van der Waals surface area contributed by atoms with Crippen LogP contribution in [-0.4, -0.2) is 30.2 Å². The number of ketones is 1. The molecule has 3 rings (SSSR count). The lowest BCUT2D eigenvalue weighted by Gasteiger charge is -2.06. The molecule has 1 aliphatic rings. The van der Waals surface area contributed by atoms with Gasteiger partial charge in [0.15, 0.2) is 5.78 Å². The highest BCUT2D eigenvalue weighted by Crippen LogP contribution is 2.32. The van der Waals surface area contributed by atoms with Crippen LogP contribution in [0.15, 0.2) is 65.8 Å². The maximum absolute atomic E-state index is 12.6. The maximum Gasteiger partial charge on any atom is 0.189 e. The van der Waals surface area contributed by atoms with Crippen molar-refractivity contribution in [2.75, 3.05) is 14.2 Å². The van der Waals surface area contributed by atoms with E-state index in [4.69, 9.17) is 9.47 Å². The molecule has 0 bridgehead atoms. The standard InChI is InChI=1S/C22H22N2O3/c1-5-7-14-8-16(22(25)20(14)6-2)9-17-12-21(24-23-17)15-10-18(26-3)13-19(11-15)27-4/h5-7,9-13H,2,8H2,1,3-4H3,(H,23,24)/b7-5-,16-9+. The molecule has 0 spiro atoms. The number of nitrogens with zero attached hydrogens (tertiary/aromatic N) is 1. The van der Waals surface area contributed by atoms with Gasteiger partial charge in [-0.05, 0) is 36.8 Å². The van der Waals surface area contributed by atoms with E-state index in [1.54, 1.807) is 20.3 Å². The summed E-state index contributed by atoms with van der Waals surface area (Å²) in [6.07, 6.45) is 7.94. The fourth-order valence-electron chi connectivity index (χ4n) is 3.09. The smallest absolute Gasteiger partial charge is 0.189 e. The Morgan fingerprint density at radius 2 is 1.85 bits per heavy atom. The molecule has 0 radical (unpaired) electrons. The predicted molar refractivity (Wildman–Crippen MR) is 107 cm³/mol. The second kappa shape index (κ2) is 7.91. The number of methoxy groups -OCH3 is 2. The highest BCUT2D eigenvalue weighted by Gasteiger charge is 2.24. The molecule has 0 amide bonds. The van der Waals surface area contributed by atoms with Crippen LogP contribution in [0.2, 0.25) is 0 Å². The molecule has 0 fully saturated rings. The number of hydrogen-bond acceptors (Lipinski definition) is 4. The monoisotopic (exact) mass is 362 g/mol. The Morgan fingerprint density at radius 1 is 1.15 bits per heavy atom. The van der Waals surface area contributed by atoms with Crippen molar-refractivity contribution in [2.45, 2.75) is 13.3 Å². The minimum atomic E-state index is 0.0114. The summed E-state index contributed by atoms with van der Waals surface area (Å²) < 4.78 is 10.6. The van der Waals surface area contributed by atoms with Crippen molar-refractivity contribution >= 4 is 11.9 Å². The first kappa shape index (κ1) is 18.5. The van der Waals surface area contributed by atoms with Gasteiger partial charge in [0.05, 0.1) is 25.6 Å². The predicted octanol–water partition coefficient (Wildman–Crippen LogP) is 4.51. The third kappa shape index (κ3) is 3.77. The molecule has 0 saturated carbocycles. The van der Waals surface area contributed by atoms with Crippen LogP contribution in [0, 0.1) is 0 Å². The molecule has 1 aromatic carbocycles. The number of carbonyl (C=O) groups is 1. The largest absolute Gasteiger partial charge is 0.497 e. The first-order chi connectivity index (χ1) is 13.1. The van der Waals surface area contributed by atoms with Crippen molar-refractivity contribution in [2.24, 2.45) is 0 Å². The number of nitrogens with one attached hydrogen (secondary N) is 1. The average molecular weight is 362 g/mol. The molecular weight excluding hydrogens is 340 g/mol. The molecule has 5 nitrogen and oxygen atoms in total. The van der Waals surface area contributed by atoms with E-state index in [0.717, 1.165) is 28.1 Å². The summed E-state index contributed by atoms with van der Waals surface area (Å²) in [4.78, 5) is 12.6. The fourth-order valence-corrected chi connectivity index (χ4v) is 3.09. The number of rotatable bonds is 6. The molecule has 1 N–H and O–H groups in total. The number of hydrogen-bond donors (Lipinski definition) is 1. The Hall–Kier alpha value is -3.34. The Labute approximate surface area is 158 Å². The first-order valence-corrected chi connectivity index (χ1v) is 8.62. The molecule has 1 aliphatic carbocycles. The van der Waals surface area contributed by atoms with Crippen molar-refractivity contribution in [3.05, 3.63) is 71.5 Å². The minimum Gasteiger partial charge on any atom is -0.497 e. The lowest BCUT2D eigenvalue weighted by atomic mass is 10.1. The Balaban J connectivity index is 1.90. The van der Waals surface area contributed by atoms with Crippen molar-refractivity contribution in [3.63, 3.8) is 0 Å². The zero-order valence-corrected chi connectivity index (χ0v) is 15.7. The molecule has 1 aromatic heterocycles. The van der Waals surface area contributed by atoms with E-state index in [1.807, 2.05) is 49.4 Å². The molecule has 138 valence electrons. The van der Waals surface area contributed by atoms with Gasteiger partial charge < -0.3 is 9.47 Å². The summed E-state index contributed by atoms with van der Waals surface area (Å²) in [5.41, 5.74) is 4.74. The SMILES string of the molecule is C=CC1=C(/C=C\C)C/C(=C\c2cc(-c3cc(OC)cc(OC)c3)n[nH]2)C1=O. The third-order valence-electron chi connectivity index (χ3n) is 4.41. The molecule has 1 heterocycles. The average Bonchev–Trinajstić information content (AvgIpc) is 3.27. The molecule has 0 saturated heterocycles. The zero-order valence-electron chi connectivity index (χ0n) is 15.7. The van der Waals surface area contributed by atoms with Crippen LogP contribution in [0.4, 0.5) is 0 Å². The van der Waals surface area contributed by atoms with Gasteiger partial charge in [0.25, 0.3) is 0 Å². The molecule has 5 heteroatoms. The van der Waals surface area contributed by atoms with Crippen LogP contribution in [-0.2, 0) is 4.79 Å². The van der Waals surface area contributed by atoms with Gasteiger partial charge >= 0.3 is 0 Å². The second-order valence-corrected chi connectivity index (χ2v) is 6.13. The van der Waals surface area contributed by atoms with Gasteiger partial charge in [-0.3, -0.25) is 9.89 Å². The fraction of sp³-hybridized carbons (Fsp3) is 0.182. The van der Waals surface area contributed by atoms with E-state index in [0.29, 0.717) is 23.5 Å². The van der Waals surface area contributed by atoms with E-state index in [2.05, 4.69) is 16.8 Å². The molecular formula is C22H22N2O3. The van der Waals surface area contributed by atoms with Crippen molar-refractivity contribution in [1.29, 1.82) is 0 Å². The summed E-state index contributed by atoms with van der Waals surface area (Å²) in [6.45, 7) is 5.69. The van der Waals surface area contributed by atoms with Crippen molar-refractivity contribution in [1.82, 2.24) is 10.2 Å². The van der Waals surface area contributed by atoms with E-state index in [9.17, 15) is 4.79 Å². The Bertz CT molecular complexity index is 955. The Kier molecular flexibility index (Phi) is 5.41. The zero-order chi connectivity index (χ0) is 19.4. The lowest BCUT2D eigenvalue weighted by Crippen LogP contribution is -1.96. The van der Waals surface area contributed by atoms with E-state index < -0.39 is 0 Å². The van der Waals surface area contributed by atoms with Gasteiger partial charge in [0.2, 0.25) is 0 Å². The lowest BCUT2D eigenvalue weighted by molar-refractivity contribution is -0.111. The van der Waals surface area contributed by atoms with E-state index in [-0.39, 0.29) is 5.78 Å². The summed E-state index contributed by atoms with van der Waals surface area (Å²) in [6, 6.07) is 7.48. The quantitative estimate of drug-likeness (QED) is 0.768. The third-order valence-corrected chi connectivity index (χ3v) is 4.41. The van der Waals surface area contributed by atoms with Crippen LogP contribution in [0.5, 0.6) is 11.5 Å². The van der Waals surface area contributed by atoms with Crippen LogP contribution < -0.4 is 9.47 Å². The minimum absolute atomic E-state index is 0.0114. The molecule has 27 heavy (non-hydrogen) atoms. The topological polar surface area (TPSA) is 64.2 Å². The normalized spacial score (nSPS) is 15.8. The number of benzene rings is 1. The Morgan fingerprint density at radius 3 is 2.44 bits per heavy atom. The number of carbonyl (C=O) groups excluding carboxylic acids is 1. The number of ether oxygens (including phenoxy) is 2. The van der Waals surface area contributed by atoms with Crippen LogP contribution >= 0.6 is 0 Å². The molecule has 0 atom stereocenters. The highest BCUT2D eigenvalue weighted by atomic mass is 16.5. The van der Waals surface area contributed by atoms with Crippen LogP contribution in [0.3, 0.4) is 0 Å². The summed E-state index contributed by atoms with van der Waals surface area (Å²) in [7, 11) is 3.22. The van der Waals surface area contributed by atoms with Crippen molar-refractivity contribution < 1.29 is 14.3 Å². The first-order valence-electron chi connectivity index (χ1n) is 8.62. The van der Waals surface area contributed by atoms with Gasteiger partial charge in [0.1, 0.15) is 11.5 Å². The summed E-state index contributed by atoms with van der Waals surface area (Å²) in [5.74, 6) is 1.39. The van der Waals surface area contributed by atoms with Crippen LogP contribution in [0.25, 0.3) is 17.3 Å². The van der Waals surface area contributed by atoms with Gasteiger partial charge in [-0.2, -0.15) is 5.10 Å². The molecule has 0 aliphatic heterocycles. The molecule has 0 unspecified atom stereocenters. The van der Waals surface area contributed by atoms with Gasteiger partial charge in [0, 0.05) is 29.2 Å². The van der Waals surface area contributed by atoms with Gasteiger partial charge in [-0.25, -0.2) is 0 Å². The number of Topliss-reactive ketones (excluding diaryl/α,β-unsaturated/α-hetero) is 1. The van der Waals surface area contributed by atoms with Gasteiger partial charge in [-0.1, -0.05) is 24.8 Å². The highest BCUT2D eigenvalue weighted by molar-refractivity contribution is 6.16. The second-order valence-electron chi connectivity index (χ2n) is 6.13. The number of aromatic amines is 1. The number of aromatic nitrogens is 2. The van der Waals surface area contributed by atoms with Gasteiger partial charge in [-0.15, -0.1) is 0 Å². The van der Waals surface area contributed by atoms with Crippen molar-refractivity contribution in [3.8, 4) is 22.8 Å². The number of allylic oxidation sites excluding steroid dienone is 6. The van der Waals surface area contributed by atoms with E-state index >= 15 is 0 Å². The van der Waals surface area contributed by atoms with E-state index in [1.165, 1.54) is 0 Å². The molecule has 2 aromatic rings. The summed E-state index contributed by atoms with van der Waals surface area (Å²) in [5, 5.41) is 7.34.